The van der Waals surface area contributed by atoms with Crippen LogP contribution in [0.4, 0.5) is 11.6 Å². The zero-order valence-electron chi connectivity index (χ0n) is 24.0. The molecule has 41 heavy (non-hydrogen) atoms. The monoisotopic (exact) mass is 557 g/mol. The number of fused-ring (bicyclic) bond motifs is 2. The van der Waals surface area contributed by atoms with Crippen LogP contribution in [0.5, 0.6) is 6.01 Å². The molecule has 5 heterocycles. The van der Waals surface area contributed by atoms with Gasteiger partial charge >= 0.3 is 6.01 Å². The minimum atomic E-state index is -0.228. The van der Waals surface area contributed by atoms with Gasteiger partial charge < -0.3 is 24.3 Å². The third-order valence-electron chi connectivity index (χ3n) is 9.07. The number of rotatable bonds is 7. The Morgan fingerprint density at radius 1 is 1.02 bits per heavy atom. The van der Waals surface area contributed by atoms with Gasteiger partial charge in [0.2, 0.25) is 5.91 Å². The Kier molecular flexibility index (Phi) is 8.01. The summed E-state index contributed by atoms with van der Waals surface area (Å²) in [7, 11) is 2.14. The number of carbonyl (C=O) groups excluding carboxylic acids is 1. The minimum Gasteiger partial charge on any atom is -0.462 e. The van der Waals surface area contributed by atoms with Gasteiger partial charge in [0.05, 0.1) is 30.8 Å². The van der Waals surface area contributed by atoms with E-state index in [0.29, 0.717) is 44.8 Å². The summed E-state index contributed by atoms with van der Waals surface area (Å²) in [6.07, 6.45) is 10.7. The molecule has 216 valence electrons. The van der Waals surface area contributed by atoms with Crippen molar-refractivity contribution < 1.29 is 9.53 Å². The Morgan fingerprint density at radius 2 is 1.88 bits per heavy atom. The summed E-state index contributed by atoms with van der Waals surface area (Å²) in [6.45, 7) is 8.40. The first-order chi connectivity index (χ1) is 20.1. The predicted molar refractivity (Wildman–Crippen MR) is 155 cm³/mol. The number of piperazine rings is 1. The summed E-state index contributed by atoms with van der Waals surface area (Å²) in [5, 5.41) is 9.50. The number of nitriles is 1. The predicted octanol–water partition coefficient (Wildman–Crippen LogP) is 2.30. The van der Waals surface area contributed by atoms with Gasteiger partial charge in [0.25, 0.3) is 0 Å². The summed E-state index contributed by atoms with van der Waals surface area (Å²) in [5.41, 5.74) is 4.53. The molecule has 1 aliphatic carbocycles. The number of likely N-dealkylation sites (tertiary alicyclic amines) is 1. The maximum atomic E-state index is 12.5. The standard InChI is InChI=1S/C30H39N9O2/c1-3-27(40)39-16-15-38(17-21(39)10-12-31)29-24-11-14-37(28-23-8-4-5-9-25(23)32-20-33-28)18-26(24)34-30(35-29)41-19-22-7-6-13-36(22)2/h3,20-22H,1,4-11,13-19H2,2H3/t21-,22-/m0/s1. The van der Waals surface area contributed by atoms with Crippen LogP contribution in [0.1, 0.15) is 54.6 Å². The van der Waals surface area contributed by atoms with Crippen molar-refractivity contribution in [3.8, 4) is 12.1 Å². The fourth-order valence-corrected chi connectivity index (χ4v) is 6.77. The number of likely N-dealkylation sites (N-methyl/N-ethyl adjacent to an activating group) is 1. The molecule has 2 aromatic rings. The van der Waals surface area contributed by atoms with Crippen molar-refractivity contribution in [2.45, 2.75) is 70.0 Å². The van der Waals surface area contributed by atoms with Crippen molar-refractivity contribution in [2.75, 3.05) is 56.2 Å². The highest BCUT2D eigenvalue weighted by Gasteiger charge is 2.34. The number of aryl methyl sites for hydroxylation is 1. The summed E-state index contributed by atoms with van der Waals surface area (Å²) >= 11 is 0. The van der Waals surface area contributed by atoms with Crippen LogP contribution >= 0.6 is 0 Å². The average molecular weight is 558 g/mol. The van der Waals surface area contributed by atoms with Crippen molar-refractivity contribution in [3.05, 3.63) is 41.5 Å². The van der Waals surface area contributed by atoms with E-state index >= 15 is 0 Å². The van der Waals surface area contributed by atoms with Crippen molar-refractivity contribution in [3.63, 3.8) is 0 Å². The van der Waals surface area contributed by atoms with Crippen molar-refractivity contribution >= 4 is 17.5 Å². The molecule has 0 bridgehead atoms. The molecule has 0 saturated carbocycles. The first kappa shape index (κ1) is 27.4. The van der Waals surface area contributed by atoms with Crippen LogP contribution in [-0.2, 0) is 30.6 Å². The number of ether oxygens (including phenoxy) is 1. The second kappa shape index (κ2) is 12.0. The van der Waals surface area contributed by atoms with E-state index in [2.05, 4.69) is 39.4 Å². The molecule has 0 spiro atoms. The van der Waals surface area contributed by atoms with Gasteiger partial charge in [-0.05, 0) is 64.6 Å². The quantitative estimate of drug-likeness (QED) is 0.470. The number of amides is 1. The Morgan fingerprint density at radius 3 is 2.68 bits per heavy atom. The van der Waals surface area contributed by atoms with Gasteiger partial charge in [0.1, 0.15) is 24.6 Å². The van der Waals surface area contributed by atoms with E-state index in [1.165, 1.54) is 36.6 Å². The highest BCUT2D eigenvalue weighted by molar-refractivity contribution is 5.87. The lowest BCUT2D eigenvalue weighted by Crippen LogP contribution is -2.55. The number of anilines is 2. The highest BCUT2D eigenvalue weighted by Crippen LogP contribution is 2.34. The highest BCUT2D eigenvalue weighted by atomic mass is 16.5. The van der Waals surface area contributed by atoms with Crippen LogP contribution in [0.15, 0.2) is 19.0 Å². The van der Waals surface area contributed by atoms with E-state index in [1.807, 2.05) is 0 Å². The first-order valence-corrected chi connectivity index (χ1v) is 14.9. The lowest BCUT2D eigenvalue weighted by atomic mass is 9.95. The zero-order valence-corrected chi connectivity index (χ0v) is 24.0. The van der Waals surface area contributed by atoms with E-state index in [-0.39, 0.29) is 18.4 Å². The zero-order chi connectivity index (χ0) is 28.3. The average Bonchev–Trinajstić information content (AvgIpc) is 3.43. The lowest BCUT2D eigenvalue weighted by molar-refractivity contribution is -0.128. The smallest absolute Gasteiger partial charge is 0.318 e. The van der Waals surface area contributed by atoms with Crippen molar-refractivity contribution in [1.82, 2.24) is 29.7 Å². The molecule has 0 N–H and O–H groups in total. The van der Waals surface area contributed by atoms with Crippen molar-refractivity contribution in [1.29, 1.82) is 5.26 Å². The van der Waals surface area contributed by atoms with Gasteiger partial charge in [-0.2, -0.15) is 15.2 Å². The van der Waals surface area contributed by atoms with Crippen LogP contribution in [0, 0.1) is 11.3 Å². The molecule has 2 saturated heterocycles. The number of hydrogen-bond donors (Lipinski definition) is 0. The molecule has 0 unspecified atom stereocenters. The van der Waals surface area contributed by atoms with Crippen LogP contribution < -0.4 is 14.5 Å². The third kappa shape index (κ3) is 5.58. The van der Waals surface area contributed by atoms with Crippen LogP contribution in [0.25, 0.3) is 0 Å². The third-order valence-corrected chi connectivity index (χ3v) is 9.07. The first-order valence-electron chi connectivity index (χ1n) is 14.9. The number of hydrogen-bond acceptors (Lipinski definition) is 10. The van der Waals surface area contributed by atoms with Gasteiger partial charge in [0.15, 0.2) is 0 Å². The number of nitrogens with zero attached hydrogens (tertiary/aromatic N) is 9. The van der Waals surface area contributed by atoms with E-state index < -0.39 is 0 Å². The second-order valence-corrected chi connectivity index (χ2v) is 11.5. The fourth-order valence-electron chi connectivity index (χ4n) is 6.77. The molecular formula is C30H39N9O2. The molecule has 4 aliphatic rings. The van der Waals surface area contributed by atoms with Crippen LogP contribution in [-0.4, -0.2) is 94.1 Å². The molecule has 6 rings (SSSR count). The Hall–Kier alpha value is -3.78. The molecular weight excluding hydrogens is 518 g/mol. The molecule has 2 atom stereocenters. The van der Waals surface area contributed by atoms with Gasteiger partial charge in [-0.1, -0.05) is 6.58 Å². The molecule has 0 radical (unpaired) electrons. The molecule has 2 aromatic heterocycles. The summed E-state index contributed by atoms with van der Waals surface area (Å²) in [4.78, 5) is 40.4. The van der Waals surface area contributed by atoms with E-state index in [0.717, 1.165) is 61.7 Å². The second-order valence-electron chi connectivity index (χ2n) is 11.5. The summed E-state index contributed by atoms with van der Waals surface area (Å²) < 4.78 is 6.28. The molecule has 11 heteroatoms. The minimum absolute atomic E-state index is 0.136. The summed E-state index contributed by atoms with van der Waals surface area (Å²) in [5.74, 6) is 1.76. The fraction of sp³-hybridized carbons (Fsp3) is 0.600. The normalized spacial score (nSPS) is 22.6. The summed E-state index contributed by atoms with van der Waals surface area (Å²) in [6, 6.07) is 2.79. The van der Waals surface area contributed by atoms with E-state index in [4.69, 9.17) is 19.7 Å². The maximum Gasteiger partial charge on any atom is 0.318 e. The van der Waals surface area contributed by atoms with Gasteiger partial charge in [-0.15, -0.1) is 0 Å². The van der Waals surface area contributed by atoms with E-state index in [1.54, 1.807) is 11.2 Å². The number of carbonyl (C=O) groups is 1. The maximum absolute atomic E-state index is 12.5. The van der Waals surface area contributed by atoms with Crippen LogP contribution in [0.2, 0.25) is 0 Å². The SMILES string of the molecule is C=CC(=O)N1CCN(c2nc(OC[C@@H]3CCCN3C)nc3c2CCN(c2ncnc4c2CCCC4)C3)C[C@@H]1CC#N. The van der Waals surface area contributed by atoms with Gasteiger partial charge in [-0.25, -0.2) is 9.97 Å². The molecule has 0 aromatic carbocycles. The van der Waals surface area contributed by atoms with Crippen molar-refractivity contribution in [2.24, 2.45) is 0 Å². The van der Waals surface area contributed by atoms with E-state index in [9.17, 15) is 10.1 Å². The van der Waals surface area contributed by atoms with Crippen LogP contribution in [0.3, 0.4) is 0 Å². The molecule has 3 aliphatic heterocycles. The topological polar surface area (TPSA) is 115 Å². The lowest BCUT2D eigenvalue weighted by Gasteiger charge is -2.42. The Bertz CT molecular complexity index is 1340. The Labute approximate surface area is 241 Å². The molecule has 2 fully saturated rings. The van der Waals surface area contributed by atoms with Gasteiger partial charge in [-0.3, -0.25) is 4.79 Å². The molecule has 1 amide bonds. The van der Waals surface area contributed by atoms with Gasteiger partial charge in [0, 0.05) is 49.0 Å². The Balaban J connectivity index is 1.31. The number of aromatic nitrogens is 4. The largest absolute Gasteiger partial charge is 0.462 e. The molecule has 11 nitrogen and oxygen atoms in total.